The first-order valence-corrected chi connectivity index (χ1v) is 10.9. The highest BCUT2D eigenvalue weighted by molar-refractivity contribution is 5.94. The van der Waals surface area contributed by atoms with E-state index in [1.165, 1.54) is 12.7 Å². The van der Waals surface area contributed by atoms with E-state index in [2.05, 4.69) is 29.2 Å². The topological polar surface area (TPSA) is 49.9 Å². The summed E-state index contributed by atoms with van der Waals surface area (Å²) in [6.45, 7) is 3.74. The van der Waals surface area contributed by atoms with Crippen molar-refractivity contribution in [3.63, 3.8) is 0 Å². The van der Waals surface area contributed by atoms with Gasteiger partial charge in [-0.05, 0) is 61.4 Å². The van der Waals surface area contributed by atoms with Crippen molar-refractivity contribution in [1.82, 2.24) is 4.90 Å². The maximum Gasteiger partial charge on any atom is 0.338 e. The minimum absolute atomic E-state index is 0.245. The Morgan fingerprint density at radius 1 is 1.07 bits per heavy atom. The maximum atomic E-state index is 12.4. The third-order valence-electron chi connectivity index (χ3n) is 6.38. The lowest BCUT2D eigenvalue weighted by molar-refractivity contribution is -0.119. The Morgan fingerprint density at radius 3 is 2.70 bits per heavy atom. The fourth-order valence-electron chi connectivity index (χ4n) is 4.76. The van der Waals surface area contributed by atoms with Crippen molar-refractivity contribution < 1.29 is 14.3 Å². The third-order valence-corrected chi connectivity index (χ3v) is 6.38. The molecular formula is C25H30N2O3. The number of hydrogen-bond donors (Lipinski definition) is 0. The average Bonchev–Trinajstić information content (AvgIpc) is 3.27. The van der Waals surface area contributed by atoms with E-state index >= 15 is 0 Å². The van der Waals surface area contributed by atoms with Crippen molar-refractivity contribution >= 4 is 17.6 Å². The molecule has 2 aliphatic rings. The Kier molecular flexibility index (Phi) is 6.48. The molecule has 0 aliphatic carbocycles. The second-order valence-electron chi connectivity index (χ2n) is 8.25. The third kappa shape index (κ3) is 4.41. The van der Waals surface area contributed by atoms with Gasteiger partial charge < -0.3 is 14.5 Å². The lowest BCUT2D eigenvalue weighted by Crippen LogP contribution is -2.36. The van der Waals surface area contributed by atoms with Crippen molar-refractivity contribution in [2.75, 3.05) is 38.2 Å². The van der Waals surface area contributed by atoms with Gasteiger partial charge in [0.05, 0.1) is 12.7 Å². The Hall–Kier alpha value is -2.66. The number of hydrogen-bond acceptors (Lipinski definition) is 4. The van der Waals surface area contributed by atoms with Crippen LogP contribution >= 0.6 is 0 Å². The lowest BCUT2D eigenvalue weighted by atomic mass is 9.93. The Labute approximate surface area is 178 Å². The molecule has 0 N–H and O–H groups in total. The largest absolute Gasteiger partial charge is 0.465 e. The van der Waals surface area contributed by atoms with Crippen LogP contribution < -0.4 is 4.90 Å². The fraction of sp³-hybridized carbons (Fsp3) is 0.440. The van der Waals surface area contributed by atoms with Crippen molar-refractivity contribution in [3.8, 4) is 0 Å². The number of rotatable bonds is 6. The quantitative estimate of drug-likeness (QED) is 0.680. The lowest BCUT2D eigenvalue weighted by Gasteiger charge is -2.29. The smallest absolute Gasteiger partial charge is 0.338 e. The summed E-state index contributed by atoms with van der Waals surface area (Å²) in [7, 11) is 1.44. The van der Waals surface area contributed by atoms with Crippen LogP contribution in [0.25, 0.3) is 0 Å². The molecule has 2 heterocycles. The molecule has 0 bridgehead atoms. The van der Waals surface area contributed by atoms with E-state index in [1.54, 1.807) is 0 Å². The Bertz CT molecular complexity index is 911. The van der Waals surface area contributed by atoms with Gasteiger partial charge in [-0.2, -0.15) is 0 Å². The van der Waals surface area contributed by atoms with Gasteiger partial charge in [-0.25, -0.2) is 4.79 Å². The number of piperidine rings is 1. The van der Waals surface area contributed by atoms with E-state index in [-0.39, 0.29) is 11.9 Å². The summed E-state index contributed by atoms with van der Waals surface area (Å²) in [6, 6.07) is 16.1. The Morgan fingerprint density at radius 2 is 1.87 bits per heavy atom. The van der Waals surface area contributed by atoms with Gasteiger partial charge in [0.15, 0.2) is 0 Å². The van der Waals surface area contributed by atoms with Crippen LogP contribution in [0.4, 0.5) is 5.69 Å². The van der Waals surface area contributed by atoms with E-state index in [9.17, 15) is 9.59 Å². The van der Waals surface area contributed by atoms with Crippen LogP contribution in [0.2, 0.25) is 0 Å². The predicted molar refractivity (Wildman–Crippen MR) is 118 cm³/mol. The van der Waals surface area contributed by atoms with Gasteiger partial charge in [0.2, 0.25) is 5.91 Å². The monoisotopic (exact) mass is 406 g/mol. The molecule has 2 saturated heterocycles. The number of anilines is 1. The van der Waals surface area contributed by atoms with Gasteiger partial charge in [0, 0.05) is 31.7 Å². The number of carbonyl (C=O) groups is 2. The first kappa shape index (κ1) is 20.6. The van der Waals surface area contributed by atoms with Gasteiger partial charge >= 0.3 is 5.97 Å². The highest BCUT2D eigenvalue weighted by Crippen LogP contribution is 2.31. The molecule has 158 valence electrons. The summed E-state index contributed by atoms with van der Waals surface area (Å²) in [6.07, 6.45) is 4.69. The van der Waals surface area contributed by atoms with Gasteiger partial charge in [-0.3, -0.25) is 4.79 Å². The first-order chi connectivity index (χ1) is 14.7. The van der Waals surface area contributed by atoms with E-state index < -0.39 is 0 Å². The summed E-state index contributed by atoms with van der Waals surface area (Å²) in [5, 5.41) is 0. The molecule has 2 aromatic rings. The highest BCUT2D eigenvalue weighted by atomic mass is 16.5. The van der Waals surface area contributed by atoms with Crippen molar-refractivity contribution in [2.24, 2.45) is 0 Å². The predicted octanol–water partition coefficient (Wildman–Crippen LogP) is 4.02. The number of benzene rings is 2. The van der Waals surface area contributed by atoms with Crippen LogP contribution in [0, 0.1) is 0 Å². The SMILES string of the molecule is COC(=O)c1ccccc1C1CCN(CCc2ccccc2N2CCCCC2=O)C1. The van der Waals surface area contributed by atoms with E-state index in [4.69, 9.17) is 4.74 Å². The molecule has 0 radical (unpaired) electrons. The summed E-state index contributed by atoms with van der Waals surface area (Å²) < 4.78 is 4.96. The van der Waals surface area contributed by atoms with Gasteiger partial charge in [0.25, 0.3) is 0 Å². The van der Waals surface area contributed by atoms with Gasteiger partial charge in [-0.1, -0.05) is 36.4 Å². The number of nitrogens with zero attached hydrogens (tertiary/aromatic N) is 2. The van der Waals surface area contributed by atoms with Crippen molar-refractivity contribution in [2.45, 2.75) is 38.0 Å². The number of esters is 1. The number of amides is 1. The highest BCUT2D eigenvalue weighted by Gasteiger charge is 2.28. The van der Waals surface area contributed by atoms with E-state index in [0.29, 0.717) is 17.9 Å². The van der Waals surface area contributed by atoms with Crippen LogP contribution in [0.15, 0.2) is 48.5 Å². The second-order valence-corrected chi connectivity index (χ2v) is 8.25. The molecule has 4 rings (SSSR count). The summed E-state index contributed by atoms with van der Waals surface area (Å²) >= 11 is 0. The zero-order valence-electron chi connectivity index (χ0n) is 17.7. The summed E-state index contributed by atoms with van der Waals surface area (Å²) in [5.74, 6) is 0.331. The van der Waals surface area contributed by atoms with Gasteiger partial charge in [0.1, 0.15) is 0 Å². The Balaban J connectivity index is 1.41. The molecule has 0 aromatic heterocycles. The van der Waals surface area contributed by atoms with E-state index in [1.807, 2.05) is 29.2 Å². The zero-order valence-corrected chi connectivity index (χ0v) is 17.7. The molecule has 0 spiro atoms. The molecule has 5 heteroatoms. The van der Waals surface area contributed by atoms with Crippen LogP contribution in [0.5, 0.6) is 0 Å². The molecule has 30 heavy (non-hydrogen) atoms. The molecule has 0 saturated carbocycles. The molecule has 2 aliphatic heterocycles. The van der Waals surface area contributed by atoms with Crippen molar-refractivity contribution in [3.05, 3.63) is 65.2 Å². The van der Waals surface area contributed by atoms with E-state index in [0.717, 1.165) is 63.1 Å². The number of likely N-dealkylation sites (tertiary alicyclic amines) is 1. The van der Waals surface area contributed by atoms with Gasteiger partial charge in [-0.15, -0.1) is 0 Å². The van der Waals surface area contributed by atoms with Crippen LogP contribution in [-0.2, 0) is 16.0 Å². The average molecular weight is 407 g/mol. The molecule has 2 fully saturated rings. The molecule has 1 atom stereocenters. The molecule has 2 aromatic carbocycles. The van der Waals surface area contributed by atoms with Crippen LogP contribution in [-0.4, -0.2) is 50.1 Å². The number of carbonyl (C=O) groups excluding carboxylic acids is 2. The van der Waals surface area contributed by atoms with Crippen LogP contribution in [0.1, 0.15) is 53.1 Å². The minimum atomic E-state index is -0.260. The molecule has 5 nitrogen and oxygen atoms in total. The number of methoxy groups -OCH3 is 1. The van der Waals surface area contributed by atoms with Crippen LogP contribution in [0.3, 0.4) is 0 Å². The number of para-hydroxylation sites is 1. The normalized spacial score (nSPS) is 19.8. The number of ether oxygens (including phenoxy) is 1. The first-order valence-electron chi connectivity index (χ1n) is 10.9. The standard InChI is InChI=1S/C25H30N2O3/c1-30-25(29)22-10-4-3-9-21(22)20-14-17-26(18-20)16-13-19-8-2-5-11-23(19)27-15-7-6-12-24(27)28/h2-5,8-11,20H,6-7,12-18H2,1H3. The minimum Gasteiger partial charge on any atom is -0.465 e. The van der Waals surface area contributed by atoms with Crippen molar-refractivity contribution in [1.29, 1.82) is 0 Å². The molecule has 1 unspecified atom stereocenters. The summed E-state index contributed by atoms with van der Waals surface area (Å²) in [4.78, 5) is 29.0. The molecular weight excluding hydrogens is 376 g/mol. The maximum absolute atomic E-state index is 12.4. The molecule has 1 amide bonds. The fourth-order valence-corrected chi connectivity index (χ4v) is 4.76. The zero-order chi connectivity index (χ0) is 20.9. The summed E-state index contributed by atoms with van der Waals surface area (Å²) in [5.41, 5.74) is 4.09. The second kappa shape index (κ2) is 9.43.